The lowest BCUT2D eigenvalue weighted by molar-refractivity contribution is 0.351. The molecule has 1 fully saturated rings. The smallest absolute Gasteiger partial charge is 0.00823 e. The summed E-state index contributed by atoms with van der Waals surface area (Å²) in [6.45, 7) is 1.22. The Kier molecular flexibility index (Phi) is 2.42. The first-order valence-electron chi connectivity index (χ1n) is 4.72. The quantitative estimate of drug-likeness (QED) is 0.714. The lowest BCUT2D eigenvalue weighted by Gasteiger charge is -2.27. The highest BCUT2D eigenvalue weighted by molar-refractivity contribution is 5.14. The summed E-state index contributed by atoms with van der Waals surface area (Å²) < 4.78 is 0. The van der Waals surface area contributed by atoms with E-state index < -0.39 is 0 Å². The number of rotatable bonds is 3. The second-order valence-electron chi connectivity index (χ2n) is 3.46. The van der Waals surface area contributed by atoms with Crippen molar-refractivity contribution < 1.29 is 0 Å². The van der Waals surface area contributed by atoms with Gasteiger partial charge in [-0.2, -0.15) is 0 Å². The van der Waals surface area contributed by atoms with E-state index in [1.54, 1.807) is 0 Å². The molecule has 0 radical (unpaired) electrons. The fourth-order valence-electron chi connectivity index (χ4n) is 1.58. The Balaban J connectivity index is 1.79. The van der Waals surface area contributed by atoms with E-state index in [1.807, 2.05) is 0 Å². The summed E-state index contributed by atoms with van der Waals surface area (Å²) in [6.07, 6.45) is 3.88. The van der Waals surface area contributed by atoms with Crippen LogP contribution >= 0.6 is 0 Å². The molecule has 1 aromatic carbocycles. The summed E-state index contributed by atoms with van der Waals surface area (Å²) in [5, 5.41) is 3.42. The predicted molar refractivity (Wildman–Crippen MR) is 51.2 cm³/mol. The minimum atomic E-state index is 0.796. The van der Waals surface area contributed by atoms with Crippen LogP contribution in [-0.4, -0.2) is 12.6 Å². The van der Waals surface area contributed by atoms with Gasteiger partial charge < -0.3 is 5.32 Å². The molecule has 1 unspecified atom stereocenters. The van der Waals surface area contributed by atoms with Gasteiger partial charge in [-0.25, -0.2) is 0 Å². The van der Waals surface area contributed by atoms with E-state index in [9.17, 15) is 0 Å². The molecule has 0 bridgehead atoms. The molecule has 0 aromatic heterocycles. The van der Waals surface area contributed by atoms with Crippen LogP contribution in [0.25, 0.3) is 0 Å². The first-order valence-corrected chi connectivity index (χ1v) is 4.72. The van der Waals surface area contributed by atoms with Crippen molar-refractivity contribution in [1.29, 1.82) is 0 Å². The molecule has 1 aliphatic heterocycles. The van der Waals surface area contributed by atoms with E-state index in [4.69, 9.17) is 0 Å². The fourth-order valence-corrected chi connectivity index (χ4v) is 1.58. The molecule has 0 spiro atoms. The third-order valence-electron chi connectivity index (χ3n) is 2.55. The van der Waals surface area contributed by atoms with Crippen LogP contribution in [-0.2, 0) is 6.42 Å². The Morgan fingerprint density at radius 1 is 1.25 bits per heavy atom. The Hall–Kier alpha value is -0.820. The average molecular weight is 161 g/mol. The van der Waals surface area contributed by atoms with Crippen molar-refractivity contribution in [3.63, 3.8) is 0 Å². The van der Waals surface area contributed by atoms with Crippen LogP contribution in [0, 0.1) is 0 Å². The van der Waals surface area contributed by atoms with Gasteiger partial charge in [-0.15, -0.1) is 0 Å². The van der Waals surface area contributed by atoms with Crippen molar-refractivity contribution in [2.45, 2.75) is 25.3 Å². The van der Waals surface area contributed by atoms with Crippen LogP contribution in [0.2, 0.25) is 0 Å². The van der Waals surface area contributed by atoms with Gasteiger partial charge in [0.1, 0.15) is 0 Å². The van der Waals surface area contributed by atoms with Gasteiger partial charge in [0.25, 0.3) is 0 Å². The minimum Gasteiger partial charge on any atom is -0.314 e. The highest BCUT2D eigenvalue weighted by Gasteiger charge is 2.14. The highest BCUT2D eigenvalue weighted by atomic mass is 15.0. The van der Waals surface area contributed by atoms with Crippen molar-refractivity contribution in [2.75, 3.05) is 6.54 Å². The second kappa shape index (κ2) is 3.72. The molecule has 0 aliphatic carbocycles. The minimum absolute atomic E-state index is 0.796. The topological polar surface area (TPSA) is 12.0 Å². The summed E-state index contributed by atoms with van der Waals surface area (Å²) in [4.78, 5) is 0. The number of hydrogen-bond donors (Lipinski definition) is 1. The molecule has 64 valence electrons. The average Bonchev–Trinajstić information content (AvgIpc) is 2.04. The van der Waals surface area contributed by atoms with Gasteiger partial charge in [0.05, 0.1) is 0 Å². The van der Waals surface area contributed by atoms with Gasteiger partial charge in [-0.3, -0.25) is 0 Å². The zero-order valence-electron chi connectivity index (χ0n) is 7.29. The van der Waals surface area contributed by atoms with Gasteiger partial charge in [0.2, 0.25) is 0 Å². The zero-order valence-corrected chi connectivity index (χ0v) is 7.29. The fraction of sp³-hybridized carbons (Fsp3) is 0.455. The van der Waals surface area contributed by atoms with Crippen molar-refractivity contribution >= 4 is 0 Å². The van der Waals surface area contributed by atoms with E-state index in [0.717, 1.165) is 6.04 Å². The second-order valence-corrected chi connectivity index (χ2v) is 3.46. The summed E-state index contributed by atoms with van der Waals surface area (Å²) >= 11 is 0. The SMILES string of the molecule is c1ccc(CCC2CCN2)cc1. The number of aryl methyl sites for hydroxylation is 1. The molecule has 1 nitrogen and oxygen atoms in total. The molecule has 0 saturated carbocycles. The van der Waals surface area contributed by atoms with Crippen molar-refractivity contribution in [3.05, 3.63) is 35.9 Å². The monoisotopic (exact) mass is 161 g/mol. The molecular weight excluding hydrogens is 146 g/mol. The van der Waals surface area contributed by atoms with Crippen LogP contribution in [0.15, 0.2) is 30.3 Å². The number of benzene rings is 1. The van der Waals surface area contributed by atoms with Gasteiger partial charge in [-0.1, -0.05) is 30.3 Å². The predicted octanol–water partition coefficient (Wildman–Crippen LogP) is 1.98. The van der Waals surface area contributed by atoms with E-state index in [-0.39, 0.29) is 0 Å². The maximum atomic E-state index is 3.42. The molecule has 1 aliphatic rings. The van der Waals surface area contributed by atoms with Gasteiger partial charge >= 0.3 is 0 Å². The summed E-state index contributed by atoms with van der Waals surface area (Å²) in [7, 11) is 0. The van der Waals surface area contributed by atoms with Gasteiger partial charge in [0, 0.05) is 6.04 Å². The van der Waals surface area contributed by atoms with Crippen LogP contribution in [0.3, 0.4) is 0 Å². The zero-order chi connectivity index (χ0) is 8.23. The molecular formula is C11H15N. The Morgan fingerprint density at radius 2 is 2.00 bits per heavy atom. The van der Waals surface area contributed by atoms with E-state index in [2.05, 4.69) is 35.6 Å². The maximum absolute atomic E-state index is 3.42. The third kappa shape index (κ3) is 1.86. The molecule has 1 heterocycles. The molecule has 1 atom stereocenters. The Labute approximate surface area is 73.8 Å². The van der Waals surface area contributed by atoms with Crippen molar-refractivity contribution in [1.82, 2.24) is 5.32 Å². The van der Waals surface area contributed by atoms with Gasteiger partial charge in [-0.05, 0) is 31.4 Å². The first-order chi connectivity index (χ1) is 5.95. The maximum Gasteiger partial charge on any atom is 0.00823 e. The third-order valence-corrected chi connectivity index (χ3v) is 2.55. The van der Waals surface area contributed by atoms with E-state index in [1.165, 1.54) is 31.4 Å². The molecule has 12 heavy (non-hydrogen) atoms. The van der Waals surface area contributed by atoms with Crippen LogP contribution in [0.5, 0.6) is 0 Å². The number of hydrogen-bond acceptors (Lipinski definition) is 1. The number of nitrogens with one attached hydrogen (secondary N) is 1. The van der Waals surface area contributed by atoms with E-state index >= 15 is 0 Å². The summed E-state index contributed by atoms with van der Waals surface area (Å²) in [5.74, 6) is 0. The van der Waals surface area contributed by atoms with Crippen LogP contribution in [0.1, 0.15) is 18.4 Å². The molecule has 1 heteroatoms. The molecule has 1 saturated heterocycles. The summed E-state index contributed by atoms with van der Waals surface area (Å²) in [5.41, 5.74) is 1.46. The molecule has 0 amide bonds. The highest BCUT2D eigenvalue weighted by Crippen LogP contribution is 2.11. The van der Waals surface area contributed by atoms with Crippen molar-refractivity contribution in [3.8, 4) is 0 Å². The summed E-state index contributed by atoms with van der Waals surface area (Å²) in [6, 6.07) is 11.5. The van der Waals surface area contributed by atoms with Crippen LogP contribution in [0.4, 0.5) is 0 Å². The molecule has 1 N–H and O–H groups in total. The van der Waals surface area contributed by atoms with Crippen LogP contribution < -0.4 is 5.32 Å². The van der Waals surface area contributed by atoms with E-state index in [0.29, 0.717) is 0 Å². The standard InChI is InChI=1S/C11H15N/c1-2-4-10(5-3-1)6-7-11-8-9-12-11/h1-5,11-12H,6-9H2. The molecule has 2 rings (SSSR count). The largest absolute Gasteiger partial charge is 0.314 e. The Morgan fingerprint density at radius 3 is 2.58 bits per heavy atom. The Bertz CT molecular complexity index is 226. The van der Waals surface area contributed by atoms with Crippen molar-refractivity contribution in [2.24, 2.45) is 0 Å². The lowest BCUT2D eigenvalue weighted by atomic mass is 9.99. The molecule has 1 aromatic rings. The normalized spacial score (nSPS) is 21.8. The lowest BCUT2D eigenvalue weighted by Crippen LogP contribution is -2.42. The first kappa shape index (κ1) is 7.81. The van der Waals surface area contributed by atoms with Gasteiger partial charge in [0.15, 0.2) is 0 Å².